The van der Waals surface area contributed by atoms with Crippen molar-refractivity contribution in [3.8, 4) is 0 Å². The van der Waals surface area contributed by atoms with Crippen molar-refractivity contribution in [2.45, 2.75) is 94.6 Å². The summed E-state index contributed by atoms with van der Waals surface area (Å²) >= 11 is 1.13. The van der Waals surface area contributed by atoms with E-state index in [1.807, 2.05) is 18.2 Å². The SMILES string of the molecule is CCCCCC=CCC=CC=CC=C[C@@H](SC[C@H](NC(=O)CC[C@H](N)C(=O)O)C(=O)NCC(=O)O)[C@@H](O)CCCC(=O)O. The summed E-state index contributed by atoms with van der Waals surface area (Å²) in [7, 11) is 0. The van der Waals surface area contributed by atoms with Gasteiger partial charge in [0.05, 0.1) is 6.10 Å². The Labute approximate surface area is 257 Å². The predicted octanol–water partition coefficient (Wildman–Crippen LogP) is 2.78. The molecular formula is C30H47N3O9S. The quantitative estimate of drug-likeness (QED) is 0.0444. The summed E-state index contributed by atoms with van der Waals surface area (Å²) in [5.74, 6) is -5.01. The van der Waals surface area contributed by atoms with Gasteiger partial charge in [0.25, 0.3) is 0 Å². The van der Waals surface area contributed by atoms with Crippen LogP contribution in [0.4, 0.5) is 0 Å². The van der Waals surface area contributed by atoms with Gasteiger partial charge in [-0.05, 0) is 38.5 Å². The van der Waals surface area contributed by atoms with Crippen LogP contribution in [0.25, 0.3) is 0 Å². The largest absolute Gasteiger partial charge is 0.481 e. The van der Waals surface area contributed by atoms with Crippen molar-refractivity contribution in [3.63, 3.8) is 0 Å². The molecule has 12 nitrogen and oxygen atoms in total. The molecule has 0 rings (SSSR count). The van der Waals surface area contributed by atoms with E-state index in [0.29, 0.717) is 0 Å². The van der Waals surface area contributed by atoms with Crippen molar-refractivity contribution < 1.29 is 44.4 Å². The summed E-state index contributed by atoms with van der Waals surface area (Å²) in [6, 6.07) is -2.45. The molecule has 0 saturated heterocycles. The van der Waals surface area contributed by atoms with E-state index < -0.39 is 59.7 Å². The minimum atomic E-state index is -1.28. The number of carboxylic acids is 3. The number of aliphatic carboxylic acids is 3. The molecule has 242 valence electrons. The number of allylic oxidation sites excluding steroid dienone is 7. The molecule has 8 N–H and O–H groups in total. The van der Waals surface area contributed by atoms with Crippen LogP contribution in [-0.4, -0.2) is 85.9 Å². The van der Waals surface area contributed by atoms with E-state index in [9.17, 15) is 29.1 Å². The number of aliphatic hydroxyl groups is 1. The van der Waals surface area contributed by atoms with Gasteiger partial charge >= 0.3 is 17.9 Å². The Kier molecular flexibility index (Phi) is 23.1. The fraction of sp³-hybridized carbons (Fsp3) is 0.567. The maximum absolute atomic E-state index is 12.6. The Hall–Kier alpha value is -3.42. The second-order valence-corrected chi connectivity index (χ2v) is 11.0. The molecule has 0 fully saturated rings. The Balaban J connectivity index is 5.38. The van der Waals surface area contributed by atoms with Crippen LogP contribution in [0.5, 0.6) is 0 Å². The predicted molar refractivity (Wildman–Crippen MR) is 166 cm³/mol. The van der Waals surface area contributed by atoms with Gasteiger partial charge in [0.15, 0.2) is 0 Å². The number of hydrogen-bond donors (Lipinski definition) is 7. The zero-order valence-corrected chi connectivity index (χ0v) is 25.5. The fourth-order valence-corrected chi connectivity index (χ4v) is 4.75. The van der Waals surface area contributed by atoms with Gasteiger partial charge in [0.1, 0.15) is 18.6 Å². The standard InChI is InChI=1S/C30H47N3O9S/c1-2-3-4-5-6-7-8-9-10-11-12-13-16-25(24(34)15-14-17-27(36)37)43-21-23(29(40)32-20-28(38)39)33-26(35)19-18-22(31)30(41)42/h6-7,9-13,16,22-25,34H,2-5,8,14-15,17-21,31H2,1H3,(H,32,40)(H,33,35)(H,36,37)(H,38,39)(H,41,42)/t22-,23-,24-,25+/m0/s1. The molecule has 4 atom stereocenters. The van der Waals surface area contributed by atoms with Gasteiger partial charge in [0.2, 0.25) is 11.8 Å². The van der Waals surface area contributed by atoms with Gasteiger partial charge in [-0.3, -0.25) is 24.0 Å². The van der Waals surface area contributed by atoms with Gasteiger partial charge in [0, 0.05) is 23.8 Å². The average Bonchev–Trinajstić information content (AvgIpc) is 2.95. The summed E-state index contributed by atoms with van der Waals surface area (Å²) in [4.78, 5) is 57.8. The van der Waals surface area contributed by atoms with Crippen LogP contribution in [0.15, 0.2) is 48.6 Å². The summed E-state index contributed by atoms with van der Waals surface area (Å²) in [6.07, 6.45) is 19.5. The first-order valence-corrected chi connectivity index (χ1v) is 15.5. The smallest absolute Gasteiger partial charge is 0.322 e. The van der Waals surface area contributed by atoms with Gasteiger partial charge < -0.3 is 36.8 Å². The maximum Gasteiger partial charge on any atom is 0.322 e. The molecule has 0 heterocycles. The van der Waals surface area contributed by atoms with Crippen molar-refractivity contribution >= 4 is 41.5 Å². The lowest BCUT2D eigenvalue weighted by molar-refractivity contribution is -0.139. The first kappa shape index (κ1) is 39.6. The number of carbonyl (C=O) groups excluding carboxylic acids is 2. The third kappa shape index (κ3) is 22.8. The molecule has 0 bridgehead atoms. The summed E-state index contributed by atoms with van der Waals surface area (Å²) in [6.45, 7) is 1.49. The number of unbranched alkanes of at least 4 members (excludes halogenated alkanes) is 3. The lowest BCUT2D eigenvalue weighted by Crippen LogP contribution is -2.50. The second-order valence-electron chi connectivity index (χ2n) is 9.77. The van der Waals surface area contributed by atoms with Crippen molar-refractivity contribution in [1.82, 2.24) is 10.6 Å². The van der Waals surface area contributed by atoms with Crippen molar-refractivity contribution in [2.75, 3.05) is 12.3 Å². The zero-order valence-electron chi connectivity index (χ0n) is 24.7. The topological polar surface area (TPSA) is 216 Å². The molecule has 0 aliphatic heterocycles. The van der Waals surface area contributed by atoms with Crippen LogP contribution in [0.1, 0.15) is 71.1 Å². The van der Waals surface area contributed by atoms with Gasteiger partial charge in [-0.1, -0.05) is 68.4 Å². The van der Waals surface area contributed by atoms with Crippen LogP contribution in [0.2, 0.25) is 0 Å². The van der Waals surface area contributed by atoms with Crippen LogP contribution in [-0.2, 0) is 24.0 Å². The second kappa shape index (κ2) is 25.1. The average molecular weight is 626 g/mol. The molecule has 0 aliphatic carbocycles. The third-order valence-electron chi connectivity index (χ3n) is 5.97. The Morgan fingerprint density at radius 3 is 2.23 bits per heavy atom. The highest BCUT2D eigenvalue weighted by Crippen LogP contribution is 2.22. The van der Waals surface area contributed by atoms with Gasteiger partial charge in [-0.25, -0.2) is 0 Å². The minimum absolute atomic E-state index is 0.0542. The van der Waals surface area contributed by atoms with Gasteiger partial charge in [-0.2, -0.15) is 0 Å². The molecule has 13 heteroatoms. The number of amides is 2. The van der Waals surface area contributed by atoms with E-state index >= 15 is 0 Å². The highest BCUT2D eigenvalue weighted by atomic mass is 32.2. The maximum atomic E-state index is 12.6. The highest BCUT2D eigenvalue weighted by molar-refractivity contribution is 8.00. The number of carboxylic acid groups (broad SMARTS) is 3. The van der Waals surface area contributed by atoms with E-state index in [1.165, 1.54) is 19.3 Å². The molecule has 0 unspecified atom stereocenters. The third-order valence-corrected chi connectivity index (χ3v) is 7.36. The molecule has 0 aromatic rings. The van der Waals surface area contributed by atoms with E-state index in [-0.39, 0.29) is 37.9 Å². The first-order chi connectivity index (χ1) is 20.5. The molecule has 43 heavy (non-hydrogen) atoms. The summed E-state index contributed by atoms with van der Waals surface area (Å²) in [5, 5.41) is 41.6. The van der Waals surface area contributed by atoms with Crippen molar-refractivity contribution in [1.29, 1.82) is 0 Å². The number of nitrogens with two attached hydrogens (primary N) is 1. The zero-order chi connectivity index (χ0) is 32.5. The summed E-state index contributed by atoms with van der Waals surface area (Å²) in [5.41, 5.74) is 5.43. The molecule has 0 aromatic carbocycles. The number of aliphatic hydroxyl groups excluding tert-OH is 1. The van der Waals surface area contributed by atoms with E-state index in [1.54, 1.807) is 18.2 Å². The number of nitrogens with one attached hydrogen (secondary N) is 2. The Bertz CT molecular complexity index is 982. The van der Waals surface area contributed by atoms with E-state index in [2.05, 4.69) is 29.7 Å². The van der Waals surface area contributed by atoms with Crippen LogP contribution in [0.3, 0.4) is 0 Å². The number of carbonyl (C=O) groups is 5. The van der Waals surface area contributed by atoms with Gasteiger partial charge in [-0.15, -0.1) is 11.8 Å². The van der Waals surface area contributed by atoms with Crippen LogP contribution in [0, 0.1) is 0 Å². The molecule has 0 radical (unpaired) electrons. The van der Waals surface area contributed by atoms with Crippen molar-refractivity contribution in [2.24, 2.45) is 5.73 Å². The molecule has 0 aliphatic rings. The van der Waals surface area contributed by atoms with E-state index in [4.69, 9.17) is 21.1 Å². The lowest BCUT2D eigenvalue weighted by atomic mass is 10.1. The lowest BCUT2D eigenvalue weighted by Gasteiger charge is -2.23. The van der Waals surface area contributed by atoms with Crippen LogP contribution >= 0.6 is 11.8 Å². The summed E-state index contributed by atoms with van der Waals surface area (Å²) < 4.78 is 0. The number of thioether (sulfide) groups is 1. The highest BCUT2D eigenvalue weighted by Gasteiger charge is 2.25. The Morgan fingerprint density at radius 2 is 1.58 bits per heavy atom. The normalized spacial score (nSPS) is 14.7. The monoisotopic (exact) mass is 625 g/mol. The molecule has 0 saturated carbocycles. The minimum Gasteiger partial charge on any atom is -0.481 e. The van der Waals surface area contributed by atoms with Crippen LogP contribution < -0.4 is 16.4 Å². The number of rotatable bonds is 25. The molecular weight excluding hydrogens is 578 g/mol. The molecule has 2 amide bonds. The fourth-order valence-electron chi connectivity index (χ4n) is 3.54. The number of hydrogen-bond acceptors (Lipinski definition) is 8. The first-order valence-electron chi connectivity index (χ1n) is 14.4. The Morgan fingerprint density at radius 1 is 0.860 bits per heavy atom. The van der Waals surface area contributed by atoms with Crippen molar-refractivity contribution in [3.05, 3.63) is 48.6 Å². The molecule has 0 spiro atoms. The molecule has 0 aromatic heterocycles. The van der Waals surface area contributed by atoms with E-state index in [0.717, 1.165) is 24.6 Å².